The number of benzene rings is 2. The van der Waals surface area contributed by atoms with E-state index < -0.39 is 23.4 Å². The maximum absolute atomic E-state index is 13.8. The van der Waals surface area contributed by atoms with Crippen molar-refractivity contribution >= 4 is 11.8 Å². The maximum Gasteiger partial charge on any atom is 0.257 e. The van der Waals surface area contributed by atoms with Crippen molar-refractivity contribution in [3.8, 4) is 17.4 Å². The predicted molar refractivity (Wildman–Crippen MR) is 124 cm³/mol. The lowest BCUT2D eigenvalue weighted by Gasteiger charge is -2.30. The smallest absolute Gasteiger partial charge is 0.257 e. The summed E-state index contributed by atoms with van der Waals surface area (Å²) in [5, 5.41) is 15.7. The van der Waals surface area contributed by atoms with E-state index in [1.807, 2.05) is 6.92 Å². The molecule has 1 aromatic heterocycles. The summed E-state index contributed by atoms with van der Waals surface area (Å²) < 4.78 is 45.9. The van der Waals surface area contributed by atoms with Crippen molar-refractivity contribution in [2.45, 2.75) is 44.7 Å². The normalized spacial score (nSPS) is 17.3. The monoisotopic (exact) mass is 499 g/mol. The third-order valence-corrected chi connectivity index (χ3v) is 5.96. The maximum atomic E-state index is 13.8. The Balaban J connectivity index is 1.36. The summed E-state index contributed by atoms with van der Waals surface area (Å²) in [6.07, 6.45) is 3.13. The number of halogens is 3. The van der Waals surface area contributed by atoms with Gasteiger partial charge in [-0.25, -0.2) is 18.2 Å². The summed E-state index contributed by atoms with van der Waals surface area (Å²) in [5.74, 6) is -4.39. The first kappa shape index (κ1) is 25.0. The minimum atomic E-state index is -1.14. The highest BCUT2D eigenvalue weighted by Gasteiger charge is 2.26. The largest absolute Gasteiger partial charge is 0.507 e. The average molecular weight is 499 g/mol. The van der Waals surface area contributed by atoms with Gasteiger partial charge in [-0.3, -0.25) is 9.59 Å². The SMILES string of the molecule is Cc1ccc(C(=O)NC2CCC(NC(=O)c3cc(F)cnc3Oc3ccc(F)c(F)c3)CC2)c(O)c1. The Kier molecular flexibility index (Phi) is 7.42. The summed E-state index contributed by atoms with van der Waals surface area (Å²) in [4.78, 5) is 29.2. The molecular formula is C26H24F3N3O4. The zero-order valence-corrected chi connectivity index (χ0v) is 19.4. The van der Waals surface area contributed by atoms with E-state index in [4.69, 9.17) is 4.74 Å². The van der Waals surface area contributed by atoms with Gasteiger partial charge in [0.2, 0.25) is 5.88 Å². The highest BCUT2D eigenvalue weighted by molar-refractivity contribution is 5.97. The topological polar surface area (TPSA) is 101 Å². The minimum Gasteiger partial charge on any atom is -0.507 e. The van der Waals surface area contributed by atoms with Gasteiger partial charge in [0.25, 0.3) is 11.8 Å². The number of amides is 2. The molecule has 10 heteroatoms. The second-order valence-electron chi connectivity index (χ2n) is 8.70. The molecule has 1 saturated carbocycles. The van der Waals surface area contributed by atoms with Gasteiger partial charge in [0.05, 0.1) is 11.8 Å². The second-order valence-corrected chi connectivity index (χ2v) is 8.70. The predicted octanol–water partition coefficient (Wildman–Crippen LogP) is 4.78. The number of nitrogens with zero attached hydrogens (tertiary/aromatic N) is 1. The minimum absolute atomic E-state index is 0.0847. The molecule has 0 spiro atoms. The third kappa shape index (κ3) is 5.94. The number of phenols is 1. The van der Waals surface area contributed by atoms with Crippen molar-refractivity contribution < 1.29 is 32.6 Å². The van der Waals surface area contributed by atoms with Gasteiger partial charge in [0, 0.05) is 18.2 Å². The van der Waals surface area contributed by atoms with Crippen molar-refractivity contribution in [3.05, 3.63) is 82.8 Å². The molecule has 0 bridgehead atoms. The molecule has 0 radical (unpaired) electrons. The van der Waals surface area contributed by atoms with E-state index in [0.717, 1.165) is 36.0 Å². The molecule has 0 saturated heterocycles. The summed E-state index contributed by atoms with van der Waals surface area (Å²) >= 11 is 0. The van der Waals surface area contributed by atoms with Crippen LogP contribution in [0, 0.1) is 24.4 Å². The van der Waals surface area contributed by atoms with Crippen LogP contribution >= 0.6 is 0 Å². The molecule has 4 rings (SSSR count). The van der Waals surface area contributed by atoms with Crippen LogP contribution in [0.2, 0.25) is 0 Å². The van der Waals surface area contributed by atoms with Crippen LogP contribution in [0.15, 0.2) is 48.7 Å². The number of ether oxygens (including phenoxy) is 1. The standard InChI is InChI=1S/C26H24F3N3O4/c1-14-2-8-19(23(33)10-14)24(34)31-16-3-5-17(6-4-16)32-25(35)20-11-15(27)13-30-26(20)36-18-7-9-21(28)22(29)12-18/h2,7-13,16-17,33H,3-6H2,1H3,(H,31,34)(H,32,35). The number of aryl methyl sites for hydroxylation is 1. The molecule has 1 heterocycles. The molecule has 2 amide bonds. The highest BCUT2D eigenvalue weighted by Crippen LogP contribution is 2.27. The van der Waals surface area contributed by atoms with Crippen molar-refractivity contribution in [2.24, 2.45) is 0 Å². The Morgan fingerprint density at radius 2 is 1.53 bits per heavy atom. The fourth-order valence-corrected chi connectivity index (χ4v) is 4.06. The van der Waals surface area contributed by atoms with Crippen LogP contribution in [0.25, 0.3) is 0 Å². The molecule has 188 valence electrons. The summed E-state index contributed by atoms with van der Waals surface area (Å²) in [5.41, 5.74) is 0.848. The lowest BCUT2D eigenvalue weighted by Crippen LogP contribution is -2.43. The summed E-state index contributed by atoms with van der Waals surface area (Å²) in [6, 6.07) is 8.25. The molecule has 1 fully saturated rings. The van der Waals surface area contributed by atoms with Gasteiger partial charge in [-0.2, -0.15) is 0 Å². The van der Waals surface area contributed by atoms with Crippen LogP contribution in [0.4, 0.5) is 13.2 Å². The fraction of sp³-hybridized carbons (Fsp3) is 0.269. The van der Waals surface area contributed by atoms with Crippen LogP contribution in [0.5, 0.6) is 17.4 Å². The van der Waals surface area contributed by atoms with Crippen LogP contribution in [-0.4, -0.2) is 34.0 Å². The van der Waals surface area contributed by atoms with Gasteiger partial charge >= 0.3 is 0 Å². The van der Waals surface area contributed by atoms with E-state index in [1.165, 1.54) is 6.07 Å². The molecule has 7 nitrogen and oxygen atoms in total. The lowest BCUT2D eigenvalue weighted by molar-refractivity contribution is 0.0888. The van der Waals surface area contributed by atoms with E-state index in [9.17, 15) is 27.9 Å². The Labute approximate surface area is 205 Å². The number of hydrogen-bond donors (Lipinski definition) is 3. The van der Waals surface area contributed by atoms with Gasteiger partial charge in [0.15, 0.2) is 11.6 Å². The van der Waals surface area contributed by atoms with Gasteiger partial charge in [-0.1, -0.05) is 6.07 Å². The third-order valence-electron chi connectivity index (χ3n) is 5.96. The summed E-state index contributed by atoms with van der Waals surface area (Å²) in [7, 11) is 0. The van der Waals surface area contributed by atoms with E-state index in [2.05, 4.69) is 15.6 Å². The first-order chi connectivity index (χ1) is 17.2. The van der Waals surface area contributed by atoms with Crippen LogP contribution in [0.1, 0.15) is 52.0 Å². The van der Waals surface area contributed by atoms with Crippen molar-refractivity contribution in [1.82, 2.24) is 15.6 Å². The van der Waals surface area contributed by atoms with Crippen LogP contribution in [-0.2, 0) is 0 Å². The molecule has 3 aromatic rings. The van der Waals surface area contributed by atoms with E-state index in [0.29, 0.717) is 25.7 Å². The number of phenolic OH excluding ortho intramolecular Hbond substituents is 1. The molecule has 0 unspecified atom stereocenters. The van der Waals surface area contributed by atoms with Gasteiger partial charge in [-0.05, 0) is 68.5 Å². The fourth-order valence-electron chi connectivity index (χ4n) is 4.06. The molecule has 0 atom stereocenters. The number of nitrogens with one attached hydrogen (secondary N) is 2. The number of pyridine rings is 1. The Morgan fingerprint density at radius 1 is 0.889 bits per heavy atom. The van der Waals surface area contributed by atoms with Crippen LogP contribution in [0.3, 0.4) is 0 Å². The van der Waals surface area contributed by atoms with Gasteiger partial charge < -0.3 is 20.5 Å². The summed E-state index contributed by atoms with van der Waals surface area (Å²) in [6.45, 7) is 1.81. The average Bonchev–Trinajstić information content (AvgIpc) is 2.83. The molecule has 1 aliphatic carbocycles. The number of rotatable bonds is 6. The Bertz CT molecular complexity index is 1290. The zero-order valence-electron chi connectivity index (χ0n) is 19.4. The first-order valence-electron chi connectivity index (χ1n) is 11.4. The zero-order chi connectivity index (χ0) is 25.8. The van der Waals surface area contributed by atoms with E-state index in [-0.39, 0.29) is 46.5 Å². The van der Waals surface area contributed by atoms with Crippen molar-refractivity contribution in [2.75, 3.05) is 0 Å². The molecule has 36 heavy (non-hydrogen) atoms. The molecule has 3 N–H and O–H groups in total. The van der Waals surface area contributed by atoms with E-state index >= 15 is 0 Å². The lowest BCUT2D eigenvalue weighted by atomic mass is 9.90. The number of carbonyl (C=O) groups is 2. The molecule has 0 aliphatic heterocycles. The quantitative estimate of drug-likeness (QED) is 0.454. The second kappa shape index (κ2) is 10.7. The number of aromatic hydroxyl groups is 1. The van der Waals surface area contributed by atoms with Gasteiger partial charge in [-0.15, -0.1) is 0 Å². The molecule has 1 aliphatic rings. The Hall–Kier alpha value is -4.08. The molecular weight excluding hydrogens is 475 g/mol. The van der Waals surface area contributed by atoms with Gasteiger partial charge in [0.1, 0.15) is 22.9 Å². The van der Waals surface area contributed by atoms with Crippen molar-refractivity contribution in [1.29, 1.82) is 0 Å². The Morgan fingerprint density at radius 3 is 2.14 bits per heavy atom. The van der Waals surface area contributed by atoms with Crippen molar-refractivity contribution in [3.63, 3.8) is 0 Å². The molecule has 2 aromatic carbocycles. The number of aromatic nitrogens is 1. The number of carbonyl (C=O) groups excluding carboxylic acids is 2. The first-order valence-corrected chi connectivity index (χ1v) is 11.4. The highest BCUT2D eigenvalue weighted by atomic mass is 19.2. The van der Waals surface area contributed by atoms with E-state index in [1.54, 1.807) is 12.1 Å². The van der Waals surface area contributed by atoms with Crippen LogP contribution < -0.4 is 15.4 Å². The number of hydrogen-bond acceptors (Lipinski definition) is 5.